The lowest BCUT2D eigenvalue weighted by molar-refractivity contribution is -0.133. The Morgan fingerprint density at radius 3 is 2.95 bits per heavy atom. The molecule has 0 unspecified atom stereocenters. The van der Waals surface area contributed by atoms with Crippen molar-refractivity contribution in [2.75, 3.05) is 11.5 Å². The number of fused-ring (bicyclic) bond motifs is 1. The van der Waals surface area contributed by atoms with Crippen LogP contribution in [0.2, 0.25) is 0 Å². The number of nitrogens with one attached hydrogen (secondary N) is 2. The number of H-pyrrole nitrogens is 1. The number of rotatable bonds is 6. The SMILES string of the molecule is Cc1ccc2nc(CNC(=O)CSCC(=O)O)[nH]c2c1. The van der Waals surface area contributed by atoms with Crippen molar-refractivity contribution in [3.63, 3.8) is 0 Å². The average molecular weight is 293 g/mol. The lowest BCUT2D eigenvalue weighted by Gasteiger charge is -2.01. The molecule has 2 aromatic rings. The second-order valence-corrected chi connectivity index (χ2v) is 5.35. The lowest BCUT2D eigenvalue weighted by Crippen LogP contribution is -2.25. The normalized spacial score (nSPS) is 10.7. The minimum atomic E-state index is -0.921. The van der Waals surface area contributed by atoms with E-state index >= 15 is 0 Å². The molecule has 0 saturated heterocycles. The first-order valence-electron chi connectivity index (χ1n) is 6.06. The molecular formula is C13H15N3O3S. The van der Waals surface area contributed by atoms with Gasteiger partial charge in [-0.25, -0.2) is 4.98 Å². The fourth-order valence-electron chi connectivity index (χ4n) is 1.72. The van der Waals surface area contributed by atoms with Gasteiger partial charge in [0.1, 0.15) is 5.82 Å². The molecule has 6 nitrogen and oxygen atoms in total. The van der Waals surface area contributed by atoms with E-state index in [1.54, 1.807) is 0 Å². The van der Waals surface area contributed by atoms with E-state index in [0.29, 0.717) is 12.4 Å². The van der Waals surface area contributed by atoms with Crippen molar-refractivity contribution in [3.05, 3.63) is 29.6 Å². The number of aryl methyl sites for hydroxylation is 1. The van der Waals surface area contributed by atoms with Gasteiger partial charge in [-0.1, -0.05) is 6.07 Å². The highest BCUT2D eigenvalue weighted by Gasteiger charge is 2.06. The number of carbonyl (C=O) groups is 2. The Hall–Kier alpha value is -2.02. The Bertz CT molecular complexity index is 639. The predicted molar refractivity (Wildman–Crippen MR) is 77.6 cm³/mol. The molecular weight excluding hydrogens is 278 g/mol. The van der Waals surface area contributed by atoms with E-state index in [-0.39, 0.29) is 17.4 Å². The quantitative estimate of drug-likeness (QED) is 0.746. The number of aliphatic carboxylic acids is 1. The number of imidazole rings is 1. The van der Waals surface area contributed by atoms with Gasteiger partial charge in [-0.15, -0.1) is 11.8 Å². The highest BCUT2D eigenvalue weighted by Crippen LogP contribution is 2.13. The molecule has 0 fully saturated rings. The highest BCUT2D eigenvalue weighted by molar-refractivity contribution is 8.00. The van der Waals surface area contributed by atoms with E-state index in [1.807, 2.05) is 25.1 Å². The van der Waals surface area contributed by atoms with Crippen molar-refractivity contribution in [1.82, 2.24) is 15.3 Å². The molecule has 0 saturated carbocycles. The Morgan fingerprint density at radius 1 is 1.40 bits per heavy atom. The van der Waals surface area contributed by atoms with E-state index in [9.17, 15) is 9.59 Å². The lowest BCUT2D eigenvalue weighted by atomic mass is 10.2. The van der Waals surface area contributed by atoms with Crippen LogP contribution in [0.15, 0.2) is 18.2 Å². The van der Waals surface area contributed by atoms with Crippen LogP contribution < -0.4 is 5.32 Å². The van der Waals surface area contributed by atoms with Gasteiger partial charge in [-0.3, -0.25) is 9.59 Å². The van der Waals surface area contributed by atoms with Gasteiger partial charge < -0.3 is 15.4 Å². The summed E-state index contributed by atoms with van der Waals surface area (Å²) in [6, 6.07) is 5.90. The van der Waals surface area contributed by atoms with E-state index in [0.717, 1.165) is 28.4 Å². The Morgan fingerprint density at radius 2 is 2.20 bits per heavy atom. The number of aromatic amines is 1. The van der Waals surface area contributed by atoms with E-state index < -0.39 is 5.97 Å². The second-order valence-electron chi connectivity index (χ2n) is 4.37. The van der Waals surface area contributed by atoms with Crippen molar-refractivity contribution in [2.45, 2.75) is 13.5 Å². The number of amides is 1. The molecule has 0 bridgehead atoms. The first-order valence-corrected chi connectivity index (χ1v) is 7.21. The first kappa shape index (κ1) is 14.4. The van der Waals surface area contributed by atoms with E-state index in [2.05, 4.69) is 15.3 Å². The molecule has 0 aliphatic rings. The van der Waals surface area contributed by atoms with Gasteiger partial charge >= 0.3 is 5.97 Å². The number of hydrogen-bond acceptors (Lipinski definition) is 4. The molecule has 2 rings (SSSR count). The molecule has 1 heterocycles. The first-order chi connectivity index (χ1) is 9.54. The molecule has 0 atom stereocenters. The van der Waals surface area contributed by atoms with E-state index in [1.165, 1.54) is 0 Å². The van der Waals surface area contributed by atoms with Crippen LogP contribution in [0, 0.1) is 6.92 Å². The van der Waals surface area contributed by atoms with Crippen molar-refractivity contribution in [3.8, 4) is 0 Å². The maximum atomic E-state index is 11.5. The Balaban J connectivity index is 1.86. The molecule has 1 aromatic heterocycles. The molecule has 7 heteroatoms. The Labute approximate surface area is 120 Å². The fourth-order valence-corrected chi connectivity index (χ4v) is 2.29. The van der Waals surface area contributed by atoms with Crippen LogP contribution in [0.3, 0.4) is 0 Å². The van der Waals surface area contributed by atoms with Crippen LogP contribution in [0.25, 0.3) is 11.0 Å². The number of aromatic nitrogens is 2. The Kier molecular flexibility index (Phi) is 4.62. The summed E-state index contributed by atoms with van der Waals surface area (Å²) in [4.78, 5) is 29.3. The summed E-state index contributed by atoms with van der Waals surface area (Å²) >= 11 is 1.07. The van der Waals surface area contributed by atoms with Gasteiger partial charge in [0.05, 0.1) is 29.1 Å². The smallest absolute Gasteiger partial charge is 0.313 e. The summed E-state index contributed by atoms with van der Waals surface area (Å²) in [5.41, 5.74) is 2.94. The zero-order valence-corrected chi connectivity index (χ0v) is 11.8. The number of carboxylic acids is 1. The molecule has 20 heavy (non-hydrogen) atoms. The zero-order valence-electron chi connectivity index (χ0n) is 11.0. The van der Waals surface area contributed by atoms with Crippen molar-refractivity contribution < 1.29 is 14.7 Å². The van der Waals surface area contributed by atoms with Crippen LogP contribution >= 0.6 is 11.8 Å². The summed E-state index contributed by atoms with van der Waals surface area (Å²) in [5.74, 6) is -0.381. The third-order valence-electron chi connectivity index (χ3n) is 2.60. The van der Waals surface area contributed by atoms with Crippen molar-refractivity contribution >= 4 is 34.7 Å². The third kappa shape index (κ3) is 3.99. The van der Waals surface area contributed by atoms with Gasteiger partial charge in [-0.2, -0.15) is 0 Å². The largest absolute Gasteiger partial charge is 0.481 e. The van der Waals surface area contributed by atoms with Crippen molar-refractivity contribution in [2.24, 2.45) is 0 Å². The van der Waals surface area contributed by atoms with Gasteiger partial charge in [0.2, 0.25) is 5.91 Å². The number of hydrogen-bond donors (Lipinski definition) is 3. The minimum absolute atomic E-state index is 0.0721. The summed E-state index contributed by atoms with van der Waals surface area (Å²) in [6.45, 7) is 2.31. The zero-order chi connectivity index (χ0) is 14.5. The molecule has 0 aliphatic carbocycles. The van der Waals surface area contributed by atoms with Gasteiger partial charge in [-0.05, 0) is 24.6 Å². The molecule has 0 aliphatic heterocycles. The van der Waals surface area contributed by atoms with Crippen LogP contribution in [0.4, 0.5) is 0 Å². The number of benzene rings is 1. The number of nitrogens with zero attached hydrogens (tertiary/aromatic N) is 1. The van der Waals surface area contributed by atoms with Crippen molar-refractivity contribution in [1.29, 1.82) is 0 Å². The maximum Gasteiger partial charge on any atom is 0.313 e. The van der Waals surface area contributed by atoms with Gasteiger partial charge in [0.25, 0.3) is 0 Å². The molecule has 106 valence electrons. The van der Waals surface area contributed by atoms with Crippen LogP contribution in [0.1, 0.15) is 11.4 Å². The van der Waals surface area contributed by atoms with Gasteiger partial charge in [0, 0.05) is 0 Å². The monoisotopic (exact) mass is 293 g/mol. The molecule has 0 radical (unpaired) electrons. The third-order valence-corrected chi connectivity index (χ3v) is 3.52. The summed E-state index contributed by atoms with van der Waals surface area (Å²) in [6.07, 6.45) is 0. The molecule has 0 spiro atoms. The average Bonchev–Trinajstić information content (AvgIpc) is 2.77. The number of carbonyl (C=O) groups excluding carboxylic acids is 1. The molecule has 3 N–H and O–H groups in total. The van der Waals surface area contributed by atoms with Crippen LogP contribution in [0.5, 0.6) is 0 Å². The molecule has 1 aromatic carbocycles. The summed E-state index contributed by atoms with van der Waals surface area (Å²) in [5, 5.41) is 11.2. The maximum absolute atomic E-state index is 11.5. The highest BCUT2D eigenvalue weighted by atomic mass is 32.2. The number of thioether (sulfide) groups is 1. The van der Waals surface area contributed by atoms with Gasteiger partial charge in [0.15, 0.2) is 0 Å². The summed E-state index contributed by atoms with van der Waals surface area (Å²) in [7, 11) is 0. The number of carboxylic acid groups (broad SMARTS) is 1. The molecule has 1 amide bonds. The minimum Gasteiger partial charge on any atom is -0.481 e. The fraction of sp³-hybridized carbons (Fsp3) is 0.308. The van der Waals surface area contributed by atoms with Crippen LogP contribution in [-0.2, 0) is 16.1 Å². The van der Waals surface area contributed by atoms with Crippen LogP contribution in [-0.4, -0.2) is 38.5 Å². The predicted octanol–water partition coefficient (Wildman–Crippen LogP) is 1.31. The topological polar surface area (TPSA) is 95.1 Å². The standard InChI is InChI=1S/C13H15N3O3S/c1-8-2-3-9-10(4-8)16-11(15-9)5-14-12(17)6-20-7-13(18)19/h2-4H,5-7H2,1H3,(H,14,17)(H,15,16)(H,18,19). The second kappa shape index (κ2) is 6.42. The van der Waals surface area contributed by atoms with E-state index in [4.69, 9.17) is 5.11 Å². The summed E-state index contributed by atoms with van der Waals surface area (Å²) < 4.78 is 0.